The van der Waals surface area contributed by atoms with Crippen LogP contribution in [-0.2, 0) is 13.1 Å². The fourth-order valence-corrected chi connectivity index (χ4v) is 3.82. The Hall–Kier alpha value is -3.16. The number of H-pyrrole nitrogens is 1. The van der Waals surface area contributed by atoms with Crippen molar-refractivity contribution in [3.63, 3.8) is 0 Å². The van der Waals surface area contributed by atoms with Gasteiger partial charge < -0.3 is 19.0 Å². The van der Waals surface area contributed by atoms with Gasteiger partial charge in [0.1, 0.15) is 0 Å². The summed E-state index contributed by atoms with van der Waals surface area (Å²) in [6.45, 7) is 3.63. The van der Waals surface area contributed by atoms with E-state index in [9.17, 15) is 14.4 Å². The van der Waals surface area contributed by atoms with E-state index in [1.165, 1.54) is 4.57 Å². The molecule has 1 aliphatic rings. The minimum absolute atomic E-state index is 0.0605. The van der Waals surface area contributed by atoms with Gasteiger partial charge in [-0.2, -0.15) is 0 Å². The standard InChI is InChI=1S/C19H21N5O3/c1-2-23-16-6-5-13(10-15(16)21-17(25)19(23)27)18(26)24-8-3-4-14(24)11-22-9-7-20-12-22/h5-7,9-10,12,14H,2-4,8,11H2,1H3,(H,21,25)/t14-/m1/s1. The molecule has 1 amide bonds. The van der Waals surface area contributed by atoms with Crippen LogP contribution in [0.15, 0.2) is 46.5 Å². The maximum Gasteiger partial charge on any atom is 0.316 e. The molecule has 0 aliphatic carbocycles. The molecule has 1 aromatic carbocycles. The quantitative estimate of drug-likeness (QED) is 0.702. The Morgan fingerprint density at radius 2 is 2.19 bits per heavy atom. The number of imidazole rings is 1. The highest BCUT2D eigenvalue weighted by molar-refractivity contribution is 5.97. The number of nitrogens with one attached hydrogen (secondary N) is 1. The number of carbonyl (C=O) groups excluding carboxylic acids is 1. The molecule has 0 unspecified atom stereocenters. The second-order valence-corrected chi connectivity index (χ2v) is 6.79. The largest absolute Gasteiger partial charge is 0.335 e. The second-order valence-electron chi connectivity index (χ2n) is 6.79. The Morgan fingerprint density at radius 1 is 1.33 bits per heavy atom. The minimum Gasteiger partial charge on any atom is -0.335 e. The molecule has 1 saturated heterocycles. The molecule has 4 rings (SSSR count). The van der Waals surface area contributed by atoms with Crippen molar-refractivity contribution >= 4 is 16.9 Å². The SMILES string of the molecule is CCn1c(=O)c(=O)[nH]c2cc(C(=O)N3CCC[C@@H]3Cn3ccnc3)ccc21. The van der Waals surface area contributed by atoms with Gasteiger partial charge in [-0.05, 0) is 38.0 Å². The van der Waals surface area contributed by atoms with Crippen molar-refractivity contribution in [3.8, 4) is 0 Å². The first-order valence-corrected chi connectivity index (χ1v) is 9.12. The van der Waals surface area contributed by atoms with Crippen LogP contribution in [0.3, 0.4) is 0 Å². The van der Waals surface area contributed by atoms with Crippen LogP contribution in [0.5, 0.6) is 0 Å². The summed E-state index contributed by atoms with van der Waals surface area (Å²) in [6.07, 6.45) is 7.29. The average molecular weight is 367 g/mol. The van der Waals surface area contributed by atoms with Crippen LogP contribution >= 0.6 is 0 Å². The van der Waals surface area contributed by atoms with Gasteiger partial charge in [0.15, 0.2) is 0 Å². The van der Waals surface area contributed by atoms with Gasteiger partial charge in [0.05, 0.1) is 17.4 Å². The topological polar surface area (TPSA) is 93.0 Å². The third kappa shape index (κ3) is 3.07. The van der Waals surface area contributed by atoms with Crippen molar-refractivity contribution in [1.29, 1.82) is 0 Å². The van der Waals surface area contributed by atoms with E-state index in [0.29, 0.717) is 36.2 Å². The summed E-state index contributed by atoms with van der Waals surface area (Å²) in [4.78, 5) is 45.5. The number of aromatic nitrogens is 4. The molecule has 1 fully saturated rings. The summed E-state index contributed by atoms with van der Waals surface area (Å²) in [5, 5.41) is 0. The van der Waals surface area contributed by atoms with Crippen LogP contribution < -0.4 is 11.1 Å². The predicted octanol–water partition coefficient (Wildman–Crippen LogP) is 1.21. The Morgan fingerprint density at radius 3 is 2.93 bits per heavy atom. The molecule has 140 valence electrons. The van der Waals surface area contributed by atoms with Gasteiger partial charge >= 0.3 is 11.1 Å². The zero-order chi connectivity index (χ0) is 19.0. The van der Waals surface area contributed by atoms with Crippen LogP contribution in [0.25, 0.3) is 11.0 Å². The van der Waals surface area contributed by atoms with E-state index in [1.54, 1.807) is 30.7 Å². The number of amides is 1. The van der Waals surface area contributed by atoms with E-state index >= 15 is 0 Å². The fraction of sp³-hybridized carbons (Fsp3) is 0.368. The van der Waals surface area contributed by atoms with E-state index in [0.717, 1.165) is 12.8 Å². The predicted molar refractivity (Wildman–Crippen MR) is 101 cm³/mol. The monoisotopic (exact) mass is 367 g/mol. The summed E-state index contributed by atoms with van der Waals surface area (Å²) < 4.78 is 3.40. The van der Waals surface area contributed by atoms with Crippen LogP contribution in [0.2, 0.25) is 0 Å². The maximum atomic E-state index is 13.1. The van der Waals surface area contributed by atoms with E-state index in [-0.39, 0.29) is 11.9 Å². The number of carbonyl (C=O) groups is 1. The molecular formula is C19H21N5O3. The number of rotatable bonds is 4. The van der Waals surface area contributed by atoms with Gasteiger partial charge in [-0.25, -0.2) is 4.98 Å². The Labute approximate surface area is 155 Å². The van der Waals surface area contributed by atoms with Crippen molar-refractivity contribution in [2.24, 2.45) is 0 Å². The lowest BCUT2D eigenvalue weighted by molar-refractivity contribution is 0.0724. The van der Waals surface area contributed by atoms with E-state index in [1.807, 2.05) is 22.6 Å². The third-order valence-electron chi connectivity index (χ3n) is 5.16. The van der Waals surface area contributed by atoms with E-state index in [2.05, 4.69) is 9.97 Å². The first kappa shape index (κ1) is 17.3. The molecular weight excluding hydrogens is 346 g/mol. The van der Waals surface area contributed by atoms with Gasteiger partial charge in [0, 0.05) is 43.6 Å². The number of benzene rings is 1. The number of aryl methyl sites for hydroxylation is 1. The molecule has 0 spiro atoms. The van der Waals surface area contributed by atoms with Crippen LogP contribution in [0, 0.1) is 0 Å². The summed E-state index contributed by atoms with van der Waals surface area (Å²) in [5.74, 6) is -0.0605. The van der Waals surface area contributed by atoms with Gasteiger partial charge in [0.25, 0.3) is 5.91 Å². The highest BCUT2D eigenvalue weighted by atomic mass is 16.2. The molecule has 0 radical (unpaired) electrons. The molecule has 0 saturated carbocycles. The molecule has 1 atom stereocenters. The molecule has 8 heteroatoms. The summed E-state index contributed by atoms with van der Waals surface area (Å²) in [5.41, 5.74) is 0.377. The van der Waals surface area contributed by atoms with Gasteiger partial charge in [-0.15, -0.1) is 0 Å². The lowest BCUT2D eigenvalue weighted by atomic mass is 10.1. The molecule has 27 heavy (non-hydrogen) atoms. The van der Waals surface area contributed by atoms with Gasteiger partial charge in [-0.3, -0.25) is 14.4 Å². The second kappa shape index (κ2) is 6.86. The third-order valence-corrected chi connectivity index (χ3v) is 5.16. The number of likely N-dealkylation sites (tertiary alicyclic amines) is 1. The van der Waals surface area contributed by atoms with Gasteiger partial charge in [-0.1, -0.05) is 0 Å². The van der Waals surface area contributed by atoms with Crippen molar-refractivity contribution in [2.45, 2.75) is 38.9 Å². The number of aromatic amines is 1. The summed E-state index contributed by atoms with van der Waals surface area (Å²) >= 11 is 0. The first-order valence-electron chi connectivity index (χ1n) is 9.12. The smallest absolute Gasteiger partial charge is 0.316 e. The zero-order valence-corrected chi connectivity index (χ0v) is 15.1. The van der Waals surface area contributed by atoms with E-state index in [4.69, 9.17) is 0 Å². The molecule has 0 bridgehead atoms. The highest BCUT2D eigenvalue weighted by Gasteiger charge is 2.29. The maximum absolute atomic E-state index is 13.1. The van der Waals surface area contributed by atoms with Crippen molar-refractivity contribution in [3.05, 3.63) is 63.2 Å². The molecule has 3 aromatic rings. The Kier molecular flexibility index (Phi) is 4.39. The first-order chi connectivity index (χ1) is 13.1. The zero-order valence-electron chi connectivity index (χ0n) is 15.1. The van der Waals surface area contributed by atoms with Crippen LogP contribution in [0.4, 0.5) is 0 Å². The number of hydrogen-bond acceptors (Lipinski definition) is 4. The molecule has 3 heterocycles. The van der Waals surface area contributed by atoms with Crippen molar-refractivity contribution in [2.75, 3.05) is 6.54 Å². The molecule has 8 nitrogen and oxygen atoms in total. The fourth-order valence-electron chi connectivity index (χ4n) is 3.82. The Balaban J connectivity index is 1.67. The lowest BCUT2D eigenvalue weighted by Gasteiger charge is -2.25. The highest BCUT2D eigenvalue weighted by Crippen LogP contribution is 2.22. The Bertz CT molecular complexity index is 1100. The van der Waals surface area contributed by atoms with Crippen LogP contribution in [-0.4, -0.2) is 42.5 Å². The van der Waals surface area contributed by atoms with Gasteiger partial charge in [0.2, 0.25) is 0 Å². The summed E-state index contributed by atoms with van der Waals surface area (Å²) in [6, 6.07) is 5.23. The lowest BCUT2D eigenvalue weighted by Crippen LogP contribution is -2.38. The number of fused-ring (bicyclic) bond motifs is 1. The molecule has 2 aromatic heterocycles. The minimum atomic E-state index is -0.673. The number of hydrogen-bond donors (Lipinski definition) is 1. The molecule has 1 aliphatic heterocycles. The number of nitrogens with zero attached hydrogens (tertiary/aromatic N) is 4. The van der Waals surface area contributed by atoms with Crippen molar-refractivity contribution in [1.82, 2.24) is 24.0 Å². The van der Waals surface area contributed by atoms with E-state index < -0.39 is 11.1 Å². The normalized spacial score (nSPS) is 16.9. The van der Waals surface area contributed by atoms with Crippen LogP contribution in [0.1, 0.15) is 30.1 Å². The molecule has 1 N–H and O–H groups in total. The average Bonchev–Trinajstić information content (AvgIpc) is 3.34. The van der Waals surface area contributed by atoms with Crippen molar-refractivity contribution < 1.29 is 4.79 Å². The summed E-state index contributed by atoms with van der Waals surface area (Å²) in [7, 11) is 0.